The first-order valence-electron chi connectivity index (χ1n) is 7.98. The second kappa shape index (κ2) is 6.35. The van der Waals surface area contributed by atoms with Crippen molar-refractivity contribution in [3.63, 3.8) is 0 Å². The zero-order valence-corrected chi connectivity index (χ0v) is 14.1. The van der Waals surface area contributed by atoms with Crippen LogP contribution in [0.4, 0.5) is 0 Å². The van der Waals surface area contributed by atoms with Gasteiger partial charge in [-0.3, -0.25) is 9.36 Å². The van der Waals surface area contributed by atoms with Crippen molar-refractivity contribution in [1.82, 2.24) is 14.9 Å². The summed E-state index contributed by atoms with van der Waals surface area (Å²) in [5.74, 6) is -0.180. The third-order valence-corrected chi connectivity index (χ3v) is 4.30. The molecule has 1 atom stereocenters. The number of imidazole rings is 1. The number of rotatable bonds is 4. The standard InChI is InChI=1S/C19H21N3O2/c1-12-9-13(2)17-15(10-12)22(19(24)21-17)16(18(23)20-3)11-14-7-5-4-6-8-14/h4-10,16H,11H2,1-3H3,(H,20,23)(H,21,24)/t16-/m0/s1. The monoisotopic (exact) mass is 323 g/mol. The minimum Gasteiger partial charge on any atom is -0.357 e. The SMILES string of the molecule is CNC(=O)[C@H](Cc1ccccc1)n1c(=O)[nH]c2c(C)cc(C)cc21. The number of aryl methyl sites for hydroxylation is 2. The first-order chi connectivity index (χ1) is 11.5. The quantitative estimate of drug-likeness (QED) is 0.774. The van der Waals surface area contributed by atoms with Crippen molar-refractivity contribution >= 4 is 16.9 Å². The van der Waals surface area contributed by atoms with E-state index >= 15 is 0 Å². The molecule has 0 saturated carbocycles. The Balaban J connectivity index is 2.18. The van der Waals surface area contributed by atoms with Gasteiger partial charge >= 0.3 is 5.69 Å². The summed E-state index contributed by atoms with van der Waals surface area (Å²) in [5, 5.41) is 2.68. The van der Waals surface area contributed by atoms with Crippen molar-refractivity contribution in [2.45, 2.75) is 26.3 Å². The van der Waals surface area contributed by atoms with Crippen LogP contribution in [-0.2, 0) is 11.2 Å². The normalized spacial score (nSPS) is 12.3. The number of amides is 1. The highest BCUT2D eigenvalue weighted by atomic mass is 16.2. The fourth-order valence-corrected chi connectivity index (χ4v) is 3.19. The Hall–Kier alpha value is -2.82. The molecule has 2 N–H and O–H groups in total. The van der Waals surface area contributed by atoms with E-state index in [9.17, 15) is 9.59 Å². The lowest BCUT2D eigenvalue weighted by Gasteiger charge is -2.18. The second-order valence-corrected chi connectivity index (χ2v) is 6.10. The predicted molar refractivity (Wildman–Crippen MR) is 95.3 cm³/mol. The average molecular weight is 323 g/mol. The van der Waals surface area contributed by atoms with E-state index in [2.05, 4.69) is 10.3 Å². The lowest BCUT2D eigenvalue weighted by molar-refractivity contribution is -0.123. The first kappa shape index (κ1) is 16.1. The molecule has 5 heteroatoms. The van der Waals surface area contributed by atoms with E-state index in [1.54, 1.807) is 11.6 Å². The van der Waals surface area contributed by atoms with Gasteiger partial charge < -0.3 is 10.3 Å². The molecule has 2 aromatic carbocycles. The van der Waals surface area contributed by atoms with Crippen molar-refractivity contribution in [3.05, 3.63) is 69.6 Å². The van der Waals surface area contributed by atoms with Crippen molar-refractivity contribution in [2.24, 2.45) is 0 Å². The third-order valence-electron chi connectivity index (χ3n) is 4.30. The zero-order chi connectivity index (χ0) is 17.3. The summed E-state index contributed by atoms with van der Waals surface area (Å²) in [6.45, 7) is 3.95. The second-order valence-electron chi connectivity index (χ2n) is 6.10. The Labute approximate surface area is 140 Å². The summed E-state index contributed by atoms with van der Waals surface area (Å²) in [6.07, 6.45) is 0.459. The number of nitrogens with one attached hydrogen (secondary N) is 2. The zero-order valence-electron chi connectivity index (χ0n) is 14.1. The number of aromatic amines is 1. The van der Waals surface area contributed by atoms with Crippen LogP contribution in [0.15, 0.2) is 47.3 Å². The molecule has 0 aliphatic rings. The van der Waals surface area contributed by atoms with Crippen LogP contribution in [0.5, 0.6) is 0 Å². The van der Waals surface area contributed by atoms with Gasteiger partial charge in [0.15, 0.2) is 0 Å². The van der Waals surface area contributed by atoms with Gasteiger partial charge in [-0.25, -0.2) is 4.79 Å². The molecular weight excluding hydrogens is 302 g/mol. The van der Waals surface area contributed by atoms with E-state index < -0.39 is 6.04 Å². The number of hydrogen-bond acceptors (Lipinski definition) is 2. The van der Waals surface area contributed by atoms with Crippen LogP contribution in [0.3, 0.4) is 0 Å². The Morgan fingerprint density at radius 1 is 1.21 bits per heavy atom. The molecule has 1 aromatic heterocycles. The molecule has 1 amide bonds. The van der Waals surface area contributed by atoms with Gasteiger partial charge in [-0.1, -0.05) is 36.4 Å². The number of aromatic nitrogens is 2. The van der Waals surface area contributed by atoms with Gasteiger partial charge in [0.1, 0.15) is 6.04 Å². The number of benzene rings is 2. The summed E-state index contributed by atoms with van der Waals surface area (Å²) in [5.41, 5.74) is 4.36. The van der Waals surface area contributed by atoms with Crippen LogP contribution >= 0.6 is 0 Å². The number of nitrogens with zero attached hydrogens (tertiary/aromatic N) is 1. The van der Waals surface area contributed by atoms with Crippen LogP contribution in [-0.4, -0.2) is 22.5 Å². The van der Waals surface area contributed by atoms with Crippen LogP contribution < -0.4 is 11.0 Å². The molecule has 0 fully saturated rings. The molecule has 0 saturated heterocycles. The van der Waals surface area contributed by atoms with Crippen molar-refractivity contribution < 1.29 is 4.79 Å². The van der Waals surface area contributed by atoms with E-state index in [1.165, 1.54) is 0 Å². The van der Waals surface area contributed by atoms with Gasteiger partial charge in [-0.05, 0) is 36.6 Å². The summed E-state index contributed by atoms with van der Waals surface area (Å²) in [4.78, 5) is 28.0. The molecule has 0 spiro atoms. The highest BCUT2D eigenvalue weighted by Gasteiger charge is 2.24. The molecule has 0 unspecified atom stereocenters. The maximum atomic E-state index is 12.6. The van der Waals surface area contributed by atoms with Gasteiger partial charge in [-0.2, -0.15) is 0 Å². The van der Waals surface area contributed by atoms with Gasteiger partial charge in [0, 0.05) is 13.5 Å². The van der Waals surface area contributed by atoms with Crippen molar-refractivity contribution in [2.75, 3.05) is 7.05 Å². The summed E-state index contributed by atoms with van der Waals surface area (Å²) < 4.78 is 1.57. The predicted octanol–water partition coefficient (Wildman–Crippen LogP) is 2.48. The Morgan fingerprint density at radius 3 is 2.58 bits per heavy atom. The minimum atomic E-state index is -0.597. The Kier molecular flexibility index (Phi) is 4.25. The van der Waals surface area contributed by atoms with Crippen LogP contribution in [0, 0.1) is 13.8 Å². The molecule has 124 valence electrons. The smallest absolute Gasteiger partial charge is 0.327 e. The number of H-pyrrole nitrogens is 1. The molecule has 5 nitrogen and oxygen atoms in total. The lowest BCUT2D eigenvalue weighted by Crippen LogP contribution is -2.36. The van der Waals surface area contributed by atoms with E-state index in [1.807, 2.05) is 56.3 Å². The molecular formula is C19H21N3O2. The summed E-state index contributed by atoms with van der Waals surface area (Å²) >= 11 is 0. The number of carbonyl (C=O) groups excluding carboxylic acids is 1. The van der Waals surface area contributed by atoms with Crippen molar-refractivity contribution in [1.29, 1.82) is 0 Å². The Morgan fingerprint density at radius 2 is 1.92 bits per heavy atom. The van der Waals surface area contributed by atoms with E-state index in [4.69, 9.17) is 0 Å². The summed E-state index contributed by atoms with van der Waals surface area (Å²) in [6, 6.07) is 13.1. The van der Waals surface area contributed by atoms with Crippen LogP contribution in [0.25, 0.3) is 11.0 Å². The summed E-state index contributed by atoms with van der Waals surface area (Å²) in [7, 11) is 1.59. The number of likely N-dealkylation sites (N-methyl/N-ethyl adjacent to an activating group) is 1. The number of carbonyl (C=O) groups is 1. The van der Waals surface area contributed by atoms with E-state index in [-0.39, 0.29) is 11.6 Å². The van der Waals surface area contributed by atoms with Gasteiger partial charge in [0.05, 0.1) is 11.0 Å². The lowest BCUT2D eigenvalue weighted by atomic mass is 10.0. The molecule has 0 radical (unpaired) electrons. The fourth-order valence-electron chi connectivity index (χ4n) is 3.19. The van der Waals surface area contributed by atoms with E-state index in [0.717, 1.165) is 27.7 Å². The molecule has 3 aromatic rings. The highest BCUT2D eigenvalue weighted by Crippen LogP contribution is 2.22. The van der Waals surface area contributed by atoms with Gasteiger partial charge in [0.25, 0.3) is 0 Å². The molecule has 24 heavy (non-hydrogen) atoms. The van der Waals surface area contributed by atoms with Crippen LogP contribution in [0.1, 0.15) is 22.7 Å². The molecule has 0 aliphatic heterocycles. The maximum Gasteiger partial charge on any atom is 0.327 e. The molecule has 1 heterocycles. The van der Waals surface area contributed by atoms with Crippen molar-refractivity contribution in [3.8, 4) is 0 Å². The molecule has 3 rings (SSSR count). The topological polar surface area (TPSA) is 66.9 Å². The maximum absolute atomic E-state index is 12.6. The van der Waals surface area contributed by atoms with Crippen LogP contribution in [0.2, 0.25) is 0 Å². The number of fused-ring (bicyclic) bond motifs is 1. The van der Waals surface area contributed by atoms with Gasteiger partial charge in [-0.15, -0.1) is 0 Å². The first-order valence-corrected chi connectivity index (χ1v) is 7.98. The highest BCUT2D eigenvalue weighted by molar-refractivity contribution is 5.85. The average Bonchev–Trinajstić information content (AvgIpc) is 2.89. The minimum absolute atomic E-state index is 0.180. The molecule has 0 aliphatic carbocycles. The number of hydrogen-bond donors (Lipinski definition) is 2. The Bertz CT molecular complexity index is 938. The van der Waals surface area contributed by atoms with Gasteiger partial charge in [0.2, 0.25) is 5.91 Å². The third kappa shape index (κ3) is 2.85. The largest absolute Gasteiger partial charge is 0.357 e. The van der Waals surface area contributed by atoms with E-state index in [0.29, 0.717) is 6.42 Å². The fraction of sp³-hybridized carbons (Fsp3) is 0.263. The molecule has 0 bridgehead atoms.